The molecule has 210 valence electrons. The van der Waals surface area contributed by atoms with Gasteiger partial charge >= 0.3 is 11.9 Å². The lowest BCUT2D eigenvalue weighted by molar-refractivity contribution is -0.148. The van der Waals surface area contributed by atoms with E-state index in [1.165, 1.54) is 45.4 Å². The molecular formula is C33H54O4. The van der Waals surface area contributed by atoms with Gasteiger partial charge in [-0.2, -0.15) is 0 Å². The summed E-state index contributed by atoms with van der Waals surface area (Å²) in [6, 6.07) is 0. The third-order valence-corrected chi connectivity index (χ3v) is 12.0. The van der Waals surface area contributed by atoms with E-state index in [1.54, 1.807) is 12.5 Å². The van der Waals surface area contributed by atoms with Gasteiger partial charge in [-0.05, 0) is 103 Å². The molecule has 0 aromatic carbocycles. The molecule has 3 saturated carbocycles. The van der Waals surface area contributed by atoms with Gasteiger partial charge in [0.15, 0.2) is 0 Å². The van der Waals surface area contributed by atoms with Crippen LogP contribution in [-0.2, 0) is 19.1 Å². The third-order valence-electron chi connectivity index (χ3n) is 12.0. The number of carbonyl (C=O) groups is 2. The first-order valence-electron chi connectivity index (χ1n) is 15.4. The van der Waals surface area contributed by atoms with Gasteiger partial charge in [-0.25, -0.2) is 0 Å². The maximum atomic E-state index is 11.6. The van der Waals surface area contributed by atoms with Crippen LogP contribution < -0.4 is 0 Å². The van der Waals surface area contributed by atoms with Crippen LogP contribution in [0.1, 0.15) is 113 Å². The van der Waals surface area contributed by atoms with Gasteiger partial charge in [0.2, 0.25) is 0 Å². The number of esters is 2. The van der Waals surface area contributed by atoms with Gasteiger partial charge in [-0.3, -0.25) is 9.59 Å². The molecule has 4 rings (SSSR count). The maximum absolute atomic E-state index is 11.6. The standard InChI is InChI=1S/C33H54O4/c1-20(19-36-24(5)34)9-10-21(2)23(4)31-22(3)17-30-28-12-11-26-18-27(37-25(6)35)13-15-32(26,7)29(28)14-16-33(30,31)8/h11,20-23,27-31H,9-10,12-19H2,1-8H3/t20-,21+,22-,23+,27-,28-,29+,30+,31-,32+,33+/m1/s1. The molecule has 0 saturated heterocycles. The van der Waals surface area contributed by atoms with Crippen LogP contribution in [0.5, 0.6) is 0 Å². The number of fused-ring (bicyclic) bond motifs is 5. The van der Waals surface area contributed by atoms with E-state index in [1.807, 2.05) is 0 Å². The Labute approximate surface area is 226 Å². The molecule has 0 unspecified atom stereocenters. The summed E-state index contributed by atoms with van der Waals surface area (Å²) in [7, 11) is 0. The smallest absolute Gasteiger partial charge is 0.302 e. The molecule has 4 aliphatic rings. The second-order valence-electron chi connectivity index (χ2n) is 14.3. The van der Waals surface area contributed by atoms with Crippen molar-refractivity contribution in [1.82, 2.24) is 0 Å². The summed E-state index contributed by atoms with van der Waals surface area (Å²) < 4.78 is 10.9. The average molecular weight is 515 g/mol. The topological polar surface area (TPSA) is 52.6 Å². The minimum atomic E-state index is -0.168. The summed E-state index contributed by atoms with van der Waals surface area (Å²) in [5.74, 6) is 5.50. The second kappa shape index (κ2) is 11.0. The highest BCUT2D eigenvalue weighted by atomic mass is 16.5. The molecule has 0 bridgehead atoms. The first kappa shape index (κ1) is 28.7. The molecule has 0 spiro atoms. The first-order valence-corrected chi connectivity index (χ1v) is 15.4. The SMILES string of the molecule is CC(=O)OC[C@H](C)CC[C@H](C)[C@H](C)[C@H]1[C@H](C)C[C@H]2[C@@H]3CC=C4C[C@H](OC(C)=O)CC[C@]4(C)[C@H]3CC[C@]12C. The van der Waals surface area contributed by atoms with Crippen LogP contribution in [0.15, 0.2) is 11.6 Å². The molecule has 0 aromatic rings. The van der Waals surface area contributed by atoms with E-state index in [0.717, 1.165) is 48.9 Å². The molecule has 4 heteroatoms. The molecule has 4 aliphatic carbocycles. The monoisotopic (exact) mass is 514 g/mol. The molecule has 4 nitrogen and oxygen atoms in total. The van der Waals surface area contributed by atoms with Crippen molar-refractivity contribution in [2.75, 3.05) is 6.61 Å². The highest BCUT2D eigenvalue weighted by Crippen LogP contribution is 2.68. The Kier molecular flexibility index (Phi) is 8.56. The summed E-state index contributed by atoms with van der Waals surface area (Å²) in [6.07, 6.45) is 13.5. The van der Waals surface area contributed by atoms with Crippen molar-refractivity contribution >= 4 is 11.9 Å². The van der Waals surface area contributed by atoms with E-state index in [0.29, 0.717) is 35.2 Å². The molecule has 0 aliphatic heterocycles. The fraction of sp³-hybridized carbons (Fsp3) is 0.879. The Hall–Kier alpha value is -1.32. The predicted molar refractivity (Wildman–Crippen MR) is 149 cm³/mol. The highest BCUT2D eigenvalue weighted by molar-refractivity contribution is 5.66. The summed E-state index contributed by atoms with van der Waals surface area (Å²) >= 11 is 0. The van der Waals surface area contributed by atoms with Crippen molar-refractivity contribution in [2.24, 2.45) is 58.2 Å². The van der Waals surface area contributed by atoms with Crippen molar-refractivity contribution in [2.45, 2.75) is 119 Å². The van der Waals surface area contributed by atoms with E-state index in [-0.39, 0.29) is 18.0 Å². The largest absolute Gasteiger partial charge is 0.466 e. The van der Waals surface area contributed by atoms with Gasteiger partial charge in [0.1, 0.15) is 6.10 Å². The van der Waals surface area contributed by atoms with Crippen LogP contribution in [0.3, 0.4) is 0 Å². The Morgan fingerprint density at radius 1 is 1.03 bits per heavy atom. The van der Waals surface area contributed by atoms with Crippen LogP contribution in [0, 0.1) is 58.2 Å². The molecule has 0 amide bonds. The van der Waals surface area contributed by atoms with Crippen LogP contribution in [0.2, 0.25) is 0 Å². The Balaban J connectivity index is 1.44. The molecule has 0 N–H and O–H groups in total. The quantitative estimate of drug-likeness (QED) is 0.243. The maximum Gasteiger partial charge on any atom is 0.302 e. The van der Waals surface area contributed by atoms with Crippen molar-refractivity contribution in [1.29, 1.82) is 0 Å². The lowest BCUT2D eigenvalue weighted by Crippen LogP contribution is -2.51. The lowest BCUT2D eigenvalue weighted by Gasteiger charge is -2.58. The summed E-state index contributed by atoms with van der Waals surface area (Å²) in [6.45, 7) is 18.6. The zero-order chi connectivity index (χ0) is 27.1. The van der Waals surface area contributed by atoms with E-state index >= 15 is 0 Å². The van der Waals surface area contributed by atoms with Crippen molar-refractivity contribution in [3.05, 3.63) is 11.6 Å². The van der Waals surface area contributed by atoms with Gasteiger partial charge in [-0.1, -0.05) is 59.6 Å². The van der Waals surface area contributed by atoms with E-state index in [4.69, 9.17) is 9.47 Å². The average Bonchev–Trinajstić information content (AvgIpc) is 3.10. The summed E-state index contributed by atoms with van der Waals surface area (Å²) in [5, 5.41) is 0. The number of rotatable bonds is 8. The van der Waals surface area contributed by atoms with Gasteiger partial charge in [-0.15, -0.1) is 0 Å². The first-order chi connectivity index (χ1) is 17.4. The van der Waals surface area contributed by atoms with Crippen molar-refractivity contribution in [3.63, 3.8) is 0 Å². The fourth-order valence-electron chi connectivity index (χ4n) is 9.99. The Bertz CT molecular complexity index is 878. The van der Waals surface area contributed by atoms with Crippen LogP contribution in [-0.4, -0.2) is 24.6 Å². The van der Waals surface area contributed by atoms with E-state index < -0.39 is 0 Å². The Morgan fingerprint density at radius 3 is 2.43 bits per heavy atom. The predicted octanol–water partition coefficient (Wildman–Crippen LogP) is 7.99. The van der Waals surface area contributed by atoms with Gasteiger partial charge in [0.05, 0.1) is 6.61 Å². The van der Waals surface area contributed by atoms with Gasteiger partial charge in [0.25, 0.3) is 0 Å². The Morgan fingerprint density at radius 2 is 1.76 bits per heavy atom. The molecule has 37 heavy (non-hydrogen) atoms. The van der Waals surface area contributed by atoms with Gasteiger partial charge < -0.3 is 9.47 Å². The number of hydrogen-bond acceptors (Lipinski definition) is 4. The minimum absolute atomic E-state index is 0.0807. The zero-order valence-corrected chi connectivity index (χ0v) is 25.0. The lowest BCUT2D eigenvalue weighted by atomic mass is 9.46. The summed E-state index contributed by atoms with van der Waals surface area (Å²) in [4.78, 5) is 22.8. The highest BCUT2D eigenvalue weighted by Gasteiger charge is 2.61. The third kappa shape index (κ3) is 5.55. The van der Waals surface area contributed by atoms with Crippen LogP contribution >= 0.6 is 0 Å². The van der Waals surface area contributed by atoms with Crippen LogP contribution in [0.25, 0.3) is 0 Å². The van der Waals surface area contributed by atoms with Crippen molar-refractivity contribution in [3.8, 4) is 0 Å². The van der Waals surface area contributed by atoms with E-state index in [2.05, 4.69) is 47.6 Å². The molecule has 11 atom stereocenters. The fourth-order valence-corrected chi connectivity index (χ4v) is 9.99. The van der Waals surface area contributed by atoms with Gasteiger partial charge in [0, 0.05) is 20.3 Å². The summed E-state index contributed by atoms with van der Waals surface area (Å²) in [5.41, 5.74) is 2.32. The van der Waals surface area contributed by atoms with E-state index in [9.17, 15) is 9.59 Å². The zero-order valence-electron chi connectivity index (χ0n) is 25.0. The molecular weight excluding hydrogens is 460 g/mol. The number of ether oxygens (including phenoxy) is 2. The normalized spacial score (nSPS) is 41.4. The number of hydrogen-bond donors (Lipinski definition) is 0. The molecule has 0 radical (unpaired) electrons. The molecule has 0 heterocycles. The molecule has 0 aromatic heterocycles. The number of allylic oxidation sites excluding steroid dienone is 1. The van der Waals surface area contributed by atoms with Crippen molar-refractivity contribution < 1.29 is 19.1 Å². The van der Waals surface area contributed by atoms with Crippen LogP contribution in [0.4, 0.5) is 0 Å². The number of carbonyl (C=O) groups excluding carboxylic acids is 2. The molecule has 3 fully saturated rings. The minimum Gasteiger partial charge on any atom is -0.466 e. The second-order valence-corrected chi connectivity index (χ2v) is 14.3.